The number of anilines is 1. The van der Waals surface area contributed by atoms with Crippen LogP contribution in [0.25, 0.3) is 10.6 Å². The summed E-state index contributed by atoms with van der Waals surface area (Å²) in [6.07, 6.45) is 1.79. The Labute approximate surface area is 180 Å². The number of thiazole rings is 1. The Morgan fingerprint density at radius 2 is 1.97 bits per heavy atom. The van der Waals surface area contributed by atoms with Crippen molar-refractivity contribution < 1.29 is 9.53 Å². The van der Waals surface area contributed by atoms with Gasteiger partial charge in [0.15, 0.2) is 0 Å². The number of rotatable bonds is 6. The van der Waals surface area contributed by atoms with Crippen molar-refractivity contribution in [1.82, 2.24) is 15.3 Å². The van der Waals surface area contributed by atoms with Crippen LogP contribution in [-0.2, 0) is 11.3 Å². The number of benzene rings is 1. The molecule has 0 bridgehead atoms. The van der Waals surface area contributed by atoms with Gasteiger partial charge in [-0.05, 0) is 29.2 Å². The van der Waals surface area contributed by atoms with Crippen molar-refractivity contribution in [3.8, 4) is 10.6 Å². The number of amides is 1. The molecular weight excluding hydrogens is 396 g/mol. The smallest absolute Gasteiger partial charge is 0.271 e. The Bertz CT molecular complexity index is 994. The molecule has 0 spiro atoms. The average molecular weight is 423 g/mol. The molecule has 0 unspecified atom stereocenters. The maximum Gasteiger partial charge on any atom is 0.271 e. The summed E-state index contributed by atoms with van der Waals surface area (Å²) >= 11 is 1.49. The molecule has 1 fully saturated rings. The van der Waals surface area contributed by atoms with Crippen LogP contribution < -0.4 is 10.2 Å². The van der Waals surface area contributed by atoms with Gasteiger partial charge >= 0.3 is 0 Å². The summed E-state index contributed by atoms with van der Waals surface area (Å²) in [6, 6.07) is 12.3. The number of ether oxygens (including phenoxy) is 1. The zero-order valence-electron chi connectivity index (χ0n) is 17.3. The second-order valence-corrected chi connectivity index (χ2v) is 8.48. The molecule has 1 aliphatic heterocycles. The number of nitrogens with zero attached hydrogens (tertiary/aromatic N) is 3. The van der Waals surface area contributed by atoms with Crippen molar-refractivity contribution in [2.24, 2.45) is 0 Å². The number of carbonyl (C=O) groups excluding carboxylic acids is 1. The summed E-state index contributed by atoms with van der Waals surface area (Å²) in [5, 5.41) is 5.64. The Morgan fingerprint density at radius 1 is 1.20 bits per heavy atom. The third-order valence-electron chi connectivity index (χ3n) is 5.16. The van der Waals surface area contributed by atoms with Crippen molar-refractivity contribution in [2.45, 2.75) is 26.3 Å². The highest BCUT2D eigenvalue weighted by Crippen LogP contribution is 2.26. The van der Waals surface area contributed by atoms with Crippen LogP contribution in [0.4, 0.5) is 5.82 Å². The first-order valence-electron chi connectivity index (χ1n) is 10.2. The minimum atomic E-state index is -0.166. The molecule has 2 aromatic heterocycles. The molecule has 0 aliphatic carbocycles. The van der Waals surface area contributed by atoms with Gasteiger partial charge in [0.25, 0.3) is 5.91 Å². The van der Waals surface area contributed by atoms with E-state index in [0.29, 0.717) is 18.2 Å². The zero-order chi connectivity index (χ0) is 20.9. The summed E-state index contributed by atoms with van der Waals surface area (Å²) < 4.78 is 5.40. The van der Waals surface area contributed by atoms with Gasteiger partial charge in [-0.15, -0.1) is 11.3 Å². The molecule has 1 aromatic carbocycles. The van der Waals surface area contributed by atoms with Crippen molar-refractivity contribution in [2.75, 3.05) is 31.2 Å². The van der Waals surface area contributed by atoms with Crippen LogP contribution in [0.5, 0.6) is 0 Å². The molecule has 1 saturated heterocycles. The first-order chi connectivity index (χ1) is 14.6. The number of carbonyl (C=O) groups is 1. The van der Waals surface area contributed by atoms with Gasteiger partial charge in [0.2, 0.25) is 0 Å². The fraction of sp³-hybridized carbons (Fsp3) is 0.348. The Hall–Kier alpha value is -2.77. The van der Waals surface area contributed by atoms with Crippen LogP contribution in [0.3, 0.4) is 0 Å². The van der Waals surface area contributed by atoms with Crippen LogP contribution in [0.15, 0.2) is 48.0 Å². The molecule has 6 nitrogen and oxygen atoms in total. The number of pyridine rings is 1. The van der Waals surface area contributed by atoms with E-state index in [1.165, 1.54) is 16.9 Å². The zero-order valence-corrected chi connectivity index (χ0v) is 18.1. The van der Waals surface area contributed by atoms with E-state index in [1.807, 2.05) is 17.5 Å². The monoisotopic (exact) mass is 422 g/mol. The fourth-order valence-electron chi connectivity index (χ4n) is 3.33. The number of hydrogen-bond donors (Lipinski definition) is 1. The molecule has 1 aliphatic rings. The average Bonchev–Trinajstić information content (AvgIpc) is 3.29. The van der Waals surface area contributed by atoms with Gasteiger partial charge in [-0.2, -0.15) is 0 Å². The molecule has 1 N–H and O–H groups in total. The summed E-state index contributed by atoms with van der Waals surface area (Å²) in [5.41, 5.74) is 3.79. The van der Waals surface area contributed by atoms with Crippen LogP contribution in [0.2, 0.25) is 0 Å². The molecule has 1 amide bonds. The van der Waals surface area contributed by atoms with Crippen LogP contribution >= 0.6 is 11.3 Å². The summed E-state index contributed by atoms with van der Waals surface area (Å²) in [5.74, 6) is 1.25. The highest BCUT2D eigenvalue weighted by atomic mass is 32.1. The highest BCUT2D eigenvalue weighted by Gasteiger charge is 2.14. The van der Waals surface area contributed by atoms with E-state index in [0.717, 1.165) is 48.3 Å². The third kappa shape index (κ3) is 4.86. The van der Waals surface area contributed by atoms with Gasteiger partial charge < -0.3 is 15.0 Å². The largest absolute Gasteiger partial charge is 0.378 e. The molecule has 0 atom stereocenters. The molecule has 156 valence electrons. The maximum absolute atomic E-state index is 12.6. The van der Waals surface area contributed by atoms with Gasteiger partial charge in [0, 0.05) is 36.8 Å². The lowest BCUT2D eigenvalue weighted by Gasteiger charge is -2.28. The third-order valence-corrected chi connectivity index (χ3v) is 6.05. The Morgan fingerprint density at radius 3 is 2.70 bits per heavy atom. The topological polar surface area (TPSA) is 67.4 Å². The number of nitrogens with one attached hydrogen (secondary N) is 1. The second-order valence-electron chi connectivity index (χ2n) is 7.62. The van der Waals surface area contributed by atoms with Gasteiger partial charge in [0.05, 0.1) is 13.2 Å². The lowest BCUT2D eigenvalue weighted by molar-refractivity contribution is 0.0946. The number of hydrogen-bond acceptors (Lipinski definition) is 6. The minimum absolute atomic E-state index is 0.166. The molecule has 4 rings (SSSR count). The van der Waals surface area contributed by atoms with Crippen molar-refractivity contribution in [3.63, 3.8) is 0 Å². The second kappa shape index (κ2) is 9.36. The van der Waals surface area contributed by atoms with Crippen LogP contribution in [-0.4, -0.2) is 42.2 Å². The predicted molar refractivity (Wildman–Crippen MR) is 120 cm³/mol. The summed E-state index contributed by atoms with van der Waals surface area (Å²) in [4.78, 5) is 23.8. The lowest BCUT2D eigenvalue weighted by atomic mass is 10.0. The summed E-state index contributed by atoms with van der Waals surface area (Å²) in [6.45, 7) is 7.89. The molecular formula is C23H26N4O2S. The van der Waals surface area contributed by atoms with E-state index in [4.69, 9.17) is 4.74 Å². The maximum atomic E-state index is 12.6. The standard InChI is InChI=1S/C23H26N4O2S/c1-16(2)18-3-5-19(6-4-18)23-26-20(15-30-23)22(28)25-14-17-7-8-24-21(13-17)27-9-11-29-12-10-27/h3-8,13,15-16H,9-12,14H2,1-2H3,(H,25,28). The summed E-state index contributed by atoms with van der Waals surface area (Å²) in [7, 11) is 0. The number of morpholine rings is 1. The lowest BCUT2D eigenvalue weighted by Crippen LogP contribution is -2.36. The van der Waals surface area contributed by atoms with Crippen molar-refractivity contribution in [1.29, 1.82) is 0 Å². The van der Waals surface area contributed by atoms with Gasteiger partial charge in [-0.1, -0.05) is 38.1 Å². The molecule has 3 heterocycles. The Balaban J connectivity index is 1.38. The van der Waals surface area contributed by atoms with E-state index in [1.54, 1.807) is 6.20 Å². The predicted octanol–water partition coefficient (Wildman–Crippen LogP) is 4.10. The highest BCUT2D eigenvalue weighted by molar-refractivity contribution is 7.13. The van der Waals surface area contributed by atoms with Gasteiger partial charge in [-0.25, -0.2) is 9.97 Å². The van der Waals surface area contributed by atoms with Crippen molar-refractivity contribution in [3.05, 3.63) is 64.8 Å². The van der Waals surface area contributed by atoms with Crippen LogP contribution in [0, 0.1) is 0 Å². The van der Waals surface area contributed by atoms with E-state index < -0.39 is 0 Å². The van der Waals surface area contributed by atoms with E-state index in [2.05, 4.69) is 58.3 Å². The SMILES string of the molecule is CC(C)c1ccc(-c2nc(C(=O)NCc3ccnc(N4CCOCC4)c3)cs2)cc1. The van der Waals surface area contributed by atoms with E-state index in [9.17, 15) is 4.79 Å². The van der Waals surface area contributed by atoms with E-state index in [-0.39, 0.29) is 5.91 Å². The molecule has 3 aromatic rings. The van der Waals surface area contributed by atoms with E-state index >= 15 is 0 Å². The minimum Gasteiger partial charge on any atom is -0.378 e. The number of aromatic nitrogens is 2. The van der Waals surface area contributed by atoms with Gasteiger partial charge in [-0.3, -0.25) is 4.79 Å². The Kier molecular flexibility index (Phi) is 6.40. The van der Waals surface area contributed by atoms with Gasteiger partial charge in [0.1, 0.15) is 16.5 Å². The first-order valence-corrected chi connectivity index (χ1v) is 11.1. The quantitative estimate of drug-likeness (QED) is 0.648. The molecule has 7 heteroatoms. The molecule has 30 heavy (non-hydrogen) atoms. The van der Waals surface area contributed by atoms with Crippen LogP contribution in [0.1, 0.15) is 41.4 Å². The molecule has 0 saturated carbocycles. The van der Waals surface area contributed by atoms with Crippen molar-refractivity contribution >= 4 is 23.1 Å². The fourth-order valence-corrected chi connectivity index (χ4v) is 4.14. The first kappa shape index (κ1) is 20.5. The molecule has 0 radical (unpaired) electrons. The normalized spacial score (nSPS) is 14.2.